The first-order valence-electron chi connectivity index (χ1n) is 8.67. The van der Waals surface area contributed by atoms with Crippen LogP contribution in [0.25, 0.3) is 10.8 Å². The molecule has 2 saturated heterocycles. The van der Waals surface area contributed by atoms with Gasteiger partial charge in [-0.2, -0.15) is 0 Å². The van der Waals surface area contributed by atoms with Crippen molar-refractivity contribution in [3.63, 3.8) is 0 Å². The van der Waals surface area contributed by atoms with Crippen LogP contribution in [0.15, 0.2) is 36.4 Å². The van der Waals surface area contributed by atoms with Crippen molar-refractivity contribution in [3.05, 3.63) is 42.0 Å². The molecule has 0 spiro atoms. The Morgan fingerprint density at radius 3 is 2.43 bits per heavy atom. The van der Waals surface area contributed by atoms with Gasteiger partial charge in [-0.25, -0.2) is 0 Å². The molecule has 4 nitrogen and oxygen atoms in total. The molecule has 122 valence electrons. The molecule has 2 aromatic rings. The van der Waals surface area contributed by atoms with E-state index in [1.165, 1.54) is 22.0 Å². The summed E-state index contributed by atoms with van der Waals surface area (Å²) in [4.78, 5) is 4.94. The Hall–Kier alpha value is -1.62. The molecule has 2 aliphatic rings. The van der Waals surface area contributed by atoms with E-state index in [1.807, 2.05) is 0 Å². The van der Waals surface area contributed by atoms with Crippen molar-refractivity contribution in [2.24, 2.45) is 0 Å². The third-order valence-corrected chi connectivity index (χ3v) is 4.88. The van der Waals surface area contributed by atoms with E-state index in [0.717, 1.165) is 59.0 Å². The second kappa shape index (κ2) is 6.87. The Morgan fingerprint density at radius 1 is 0.870 bits per heavy atom. The van der Waals surface area contributed by atoms with Gasteiger partial charge in [-0.3, -0.25) is 4.90 Å². The maximum Gasteiger partial charge on any atom is 0.0642 e. The number of rotatable bonds is 3. The Kier molecular flexibility index (Phi) is 4.46. The third-order valence-electron chi connectivity index (χ3n) is 4.88. The number of fused-ring (bicyclic) bond motifs is 1. The van der Waals surface area contributed by atoms with Crippen LogP contribution in [0.4, 0.5) is 5.69 Å². The lowest BCUT2D eigenvalue weighted by Crippen LogP contribution is -2.42. The predicted octanol–water partition coefficient (Wildman–Crippen LogP) is 2.08. The number of benzene rings is 2. The van der Waals surface area contributed by atoms with E-state index >= 15 is 0 Å². The predicted molar refractivity (Wildman–Crippen MR) is 95.1 cm³/mol. The molecule has 23 heavy (non-hydrogen) atoms. The molecule has 0 bridgehead atoms. The van der Waals surface area contributed by atoms with Gasteiger partial charge in [-0.1, -0.05) is 18.2 Å². The monoisotopic (exact) mass is 311 g/mol. The summed E-state index contributed by atoms with van der Waals surface area (Å²) >= 11 is 0. The summed E-state index contributed by atoms with van der Waals surface area (Å²) in [5.41, 5.74) is 2.73. The topological polar surface area (TPSA) is 27.7 Å². The van der Waals surface area contributed by atoms with E-state index in [0.29, 0.717) is 0 Å². The van der Waals surface area contributed by atoms with Crippen LogP contribution >= 0.6 is 0 Å². The van der Waals surface area contributed by atoms with Gasteiger partial charge in [0.1, 0.15) is 0 Å². The van der Waals surface area contributed by atoms with Gasteiger partial charge in [0.05, 0.1) is 13.2 Å². The standard InChI is InChI=1S/C19H25N3O/c1-2-18-14-19(22-9-11-23-12-10-22)4-3-17(18)13-16(1)15-21-7-5-20-6-8-21/h1-4,13-14,20H,5-12,15H2. The van der Waals surface area contributed by atoms with Crippen LogP contribution in [-0.2, 0) is 11.3 Å². The molecule has 2 aliphatic heterocycles. The number of nitrogens with one attached hydrogen (secondary N) is 1. The smallest absolute Gasteiger partial charge is 0.0642 e. The summed E-state index contributed by atoms with van der Waals surface area (Å²) in [5.74, 6) is 0. The molecule has 2 heterocycles. The second-order valence-corrected chi connectivity index (χ2v) is 6.49. The number of piperazine rings is 1. The minimum absolute atomic E-state index is 0.835. The first kappa shape index (κ1) is 14.9. The minimum atomic E-state index is 0.835. The van der Waals surface area contributed by atoms with Crippen molar-refractivity contribution in [2.75, 3.05) is 57.4 Å². The Bertz CT molecular complexity index is 661. The van der Waals surface area contributed by atoms with Gasteiger partial charge in [0.25, 0.3) is 0 Å². The van der Waals surface area contributed by atoms with E-state index < -0.39 is 0 Å². The molecule has 0 amide bonds. The second-order valence-electron chi connectivity index (χ2n) is 6.49. The third kappa shape index (κ3) is 3.50. The summed E-state index contributed by atoms with van der Waals surface area (Å²) < 4.78 is 5.45. The zero-order chi connectivity index (χ0) is 15.5. The highest BCUT2D eigenvalue weighted by molar-refractivity contribution is 5.86. The summed E-state index contributed by atoms with van der Waals surface area (Å²) in [5, 5.41) is 6.09. The van der Waals surface area contributed by atoms with Crippen LogP contribution in [0.1, 0.15) is 5.56 Å². The molecular weight excluding hydrogens is 286 g/mol. The van der Waals surface area contributed by atoms with Crippen molar-refractivity contribution in [2.45, 2.75) is 6.54 Å². The summed E-state index contributed by atoms with van der Waals surface area (Å²) in [7, 11) is 0. The highest BCUT2D eigenvalue weighted by Crippen LogP contribution is 2.24. The zero-order valence-corrected chi connectivity index (χ0v) is 13.6. The minimum Gasteiger partial charge on any atom is -0.378 e. The van der Waals surface area contributed by atoms with Crippen LogP contribution < -0.4 is 10.2 Å². The fourth-order valence-electron chi connectivity index (χ4n) is 3.53. The van der Waals surface area contributed by atoms with Crippen molar-refractivity contribution >= 4 is 16.5 Å². The summed E-state index contributed by atoms with van der Waals surface area (Å²) in [6.07, 6.45) is 0. The molecule has 0 radical (unpaired) electrons. The first-order valence-corrected chi connectivity index (χ1v) is 8.67. The summed E-state index contributed by atoms with van der Waals surface area (Å²) in [6.45, 7) is 9.22. The number of morpholine rings is 1. The van der Waals surface area contributed by atoms with Gasteiger partial charge in [0, 0.05) is 51.5 Å². The fraction of sp³-hybridized carbons (Fsp3) is 0.474. The maximum absolute atomic E-state index is 5.45. The molecule has 0 saturated carbocycles. The van der Waals surface area contributed by atoms with Crippen molar-refractivity contribution in [1.29, 1.82) is 0 Å². The molecule has 0 atom stereocenters. The van der Waals surface area contributed by atoms with Crippen LogP contribution in [-0.4, -0.2) is 57.4 Å². The lowest BCUT2D eigenvalue weighted by molar-refractivity contribution is 0.122. The van der Waals surface area contributed by atoms with Gasteiger partial charge in [-0.05, 0) is 34.5 Å². The highest BCUT2D eigenvalue weighted by atomic mass is 16.5. The van der Waals surface area contributed by atoms with Crippen LogP contribution in [0.3, 0.4) is 0 Å². The molecule has 2 aromatic carbocycles. The highest BCUT2D eigenvalue weighted by Gasteiger charge is 2.12. The summed E-state index contributed by atoms with van der Waals surface area (Å²) in [6, 6.07) is 13.7. The van der Waals surface area contributed by atoms with Crippen LogP contribution in [0.2, 0.25) is 0 Å². The average molecular weight is 311 g/mol. The van der Waals surface area contributed by atoms with Gasteiger partial charge >= 0.3 is 0 Å². The molecule has 0 aromatic heterocycles. The maximum atomic E-state index is 5.45. The Balaban J connectivity index is 1.52. The van der Waals surface area contributed by atoms with E-state index in [4.69, 9.17) is 4.74 Å². The van der Waals surface area contributed by atoms with Gasteiger partial charge in [-0.15, -0.1) is 0 Å². The molecule has 0 aliphatic carbocycles. The average Bonchev–Trinajstić information content (AvgIpc) is 2.63. The lowest BCUT2D eigenvalue weighted by atomic mass is 10.1. The van der Waals surface area contributed by atoms with Crippen molar-refractivity contribution in [3.8, 4) is 0 Å². The van der Waals surface area contributed by atoms with E-state index in [1.54, 1.807) is 0 Å². The zero-order valence-electron chi connectivity index (χ0n) is 13.6. The molecule has 2 fully saturated rings. The van der Waals surface area contributed by atoms with Gasteiger partial charge in [0.15, 0.2) is 0 Å². The molecular formula is C19H25N3O. The van der Waals surface area contributed by atoms with Gasteiger partial charge in [0.2, 0.25) is 0 Å². The molecule has 4 rings (SSSR count). The lowest BCUT2D eigenvalue weighted by Gasteiger charge is -2.29. The molecule has 4 heteroatoms. The van der Waals surface area contributed by atoms with E-state index in [-0.39, 0.29) is 0 Å². The SMILES string of the molecule is c1cc2cc(N3CCOCC3)ccc2cc1CN1CCNCC1. The Labute approximate surface area is 138 Å². The van der Waals surface area contributed by atoms with Crippen LogP contribution in [0.5, 0.6) is 0 Å². The van der Waals surface area contributed by atoms with Crippen molar-refractivity contribution < 1.29 is 4.74 Å². The fourth-order valence-corrected chi connectivity index (χ4v) is 3.53. The Morgan fingerprint density at radius 2 is 1.61 bits per heavy atom. The van der Waals surface area contributed by atoms with E-state index in [9.17, 15) is 0 Å². The number of nitrogens with zero attached hydrogens (tertiary/aromatic N) is 2. The number of hydrogen-bond acceptors (Lipinski definition) is 4. The van der Waals surface area contributed by atoms with E-state index in [2.05, 4.69) is 51.5 Å². The largest absolute Gasteiger partial charge is 0.378 e. The van der Waals surface area contributed by atoms with Gasteiger partial charge < -0.3 is 15.0 Å². The van der Waals surface area contributed by atoms with Crippen molar-refractivity contribution in [1.82, 2.24) is 10.2 Å². The number of hydrogen-bond donors (Lipinski definition) is 1. The molecule has 0 unspecified atom stereocenters. The normalized spacial score (nSPS) is 20.1. The molecule has 1 N–H and O–H groups in total. The number of ether oxygens (including phenoxy) is 1. The first-order chi connectivity index (χ1) is 11.4. The number of anilines is 1. The quantitative estimate of drug-likeness (QED) is 0.939. The van der Waals surface area contributed by atoms with Crippen LogP contribution in [0, 0.1) is 0 Å².